The van der Waals surface area contributed by atoms with E-state index in [0.717, 1.165) is 11.3 Å². The summed E-state index contributed by atoms with van der Waals surface area (Å²) in [6, 6.07) is 7.45. The lowest BCUT2D eigenvalue weighted by Gasteiger charge is -2.05. The van der Waals surface area contributed by atoms with Crippen molar-refractivity contribution in [1.82, 2.24) is 5.32 Å². The highest BCUT2D eigenvalue weighted by molar-refractivity contribution is 5.98. The second-order valence-corrected chi connectivity index (χ2v) is 4.74. The summed E-state index contributed by atoms with van der Waals surface area (Å²) < 4.78 is 9.51. The van der Waals surface area contributed by atoms with Crippen LogP contribution in [0, 0.1) is 0 Å². The van der Waals surface area contributed by atoms with E-state index in [0.29, 0.717) is 12.8 Å². The van der Waals surface area contributed by atoms with Gasteiger partial charge in [-0.05, 0) is 24.1 Å². The Balaban J connectivity index is 2.24. The number of hydrogen-bond acceptors (Lipinski definition) is 5. The second kappa shape index (κ2) is 9.55. The summed E-state index contributed by atoms with van der Waals surface area (Å²) in [6.07, 6.45) is 0.814. The van der Waals surface area contributed by atoms with Crippen LogP contribution < -0.4 is 10.1 Å². The number of nitrogens with one attached hydrogen (secondary N) is 1. The molecule has 0 aliphatic carbocycles. The van der Waals surface area contributed by atoms with E-state index >= 15 is 0 Å². The first-order valence-electron chi connectivity index (χ1n) is 7.03. The summed E-state index contributed by atoms with van der Waals surface area (Å²) in [5.41, 5.74) is 1.01. The fraction of sp³-hybridized carbons (Fsp3) is 0.438. The molecule has 0 saturated carbocycles. The molecule has 1 rings (SSSR count). The minimum Gasteiger partial charge on any atom is -0.497 e. The number of amides is 1. The van der Waals surface area contributed by atoms with Gasteiger partial charge in [-0.1, -0.05) is 12.1 Å². The lowest BCUT2D eigenvalue weighted by atomic mass is 10.1. The number of rotatable bonds is 9. The zero-order valence-corrected chi connectivity index (χ0v) is 12.9. The van der Waals surface area contributed by atoms with Gasteiger partial charge in [0.2, 0.25) is 5.91 Å². The van der Waals surface area contributed by atoms with Gasteiger partial charge in [0.25, 0.3) is 0 Å². The van der Waals surface area contributed by atoms with Crippen LogP contribution in [0.4, 0.5) is 0 Å². The van der Waals surface area contributed by atoms with E-state index in [9.17, 15) is 14.4 Å². The summed E-state index contributed by atoms with van der Waals surface area (Å²) in [5.74, 6) is -0.138. The molecule has 0 unspecified atom stereocenters. The quantitative estimate of drug-likeness (QED) is 0.549. The minimum atomic E-state index is -0.397. The van der Waals surface area contributed by atoms with Gasteiger partial charge in [-0.3, -0.25) is 14.4 Å². The highest BCUT2D eigenvalue weighted by atomic mass is 16.5. The molecular formula is C16H21NO5. The number of carbonyl (C=O) groups excluding carboxylic acids is 3. The molecule has 0 aromatic heterocycles. The molecular weight excluding hydrogens is 286 g/mol. The molecule has 0 radical (unpaired) electrons. The van der Waals surface area contributed by atoms with Gasteiger partial charge < -0.3 is 14.8 Å². The van der Waals surface area contributed by atoms with Crippen molar-refractivity contribution in [2.75, 3.05) is 20.8 Å². The zero-order chi connectivity index (χ0) is 16.4. The summed E-state index contributed by atoms with van der Waals surface area (Å²) in [6.45, 7) is 0.178. The summed E-state index contributed by atoms with van der Waals surface area (Å²) in [5, 5.41) is 2.51. The molecule has 120 valence electrons. The van der Waals surface area contributed by atoms with Crippen LogP contribution in [0.3, 0.4) is 0 Å². The number of Topliss-reactive ketones (excluding diaryl/α,β-unsaturated/α-hetero) is 1. The third-order valence-corrected chi connectivity index (χ3v) is 3.09. The summed E-state index contributed by atoms with van der Waals surface area (Å²) in [7, 11) is 2.88. The number of methoxy groups -OCH3 is 2. The molecule has 0 aliphatic rings. The molecule has 6 heteroatoms. The van der Waals surface area contributed by atoms with Gasteiger partial charge in [-0.15, -0.1) is 0 Å². The fourth-order valence-electron chi connectivity index (χ4n) is 1.81. The molecule has 1 amide bonds. The summed E-state index contributed by atoms with van der Waals surface area (Å²) in [4.78, 5) is 34.1. The average Bonchev–Trinajstić information content (AvgIpc) is 2.53. The standard InChI is InChI=1S/C16H21NO5/c1-21-14-7-4-12(5-8-14)3-6-13(18)11-15(19)17-10-9-16(20)22-2/h4-5,7-8H,3,6,9-11H2,1-2H3,(H,17,19). The molecule has 22 heavy (non-hydrogen) atoms. The van der Waals surface area contributed by atoms with Gasteiger partial charge >= 0.3 is 5.97 Å². The Morgan fingerprint density at radius 1 is 1.05 bits per heavy atom. The molecule has 1 aromatic rings. The molecule has 1 N–H and O–H groups in total. The van der Waals surface area contributed by atoms with E-state index in [2.05, 4.69) is 10.1 Å². The van der Waals surface area contributed by atoms with Gasteiger partial charge in [0.15, 0.2) is 0 Å². The lowest BCUT2D eigenvalue weighted by Crippen LogP contribution is -2.28. The van der Waals surface area contributed by atoms with E-state index in [1.165, 1.54) is 7.11 Å². The molecule has 1 aromatic carbocycles. The van der Waals surface area contributed by atoms with Crippen LogP contribution in [0.5, 0.6) is 5.75 Å². The number of carbonyl (C=O) groups is 3. The lowest BCUT2D eigenvalue weighted by molar-refractivity contribution is -0.140. The Labute approximate surface area is 129 Å². The monoisotopic (exact) mass is 307 g/mol. The van der Waals surface area contributed by atoms with Gasteiger partial charge in [-0.2, -0.15) is 0 Å². The van der Waals surface area contributed by atoms with E-state index in [1.807, 2.05) is 24.3 Å². The summed E-state index contributed by atoms with van der Waals surface area (Å²) >= 11 is 0. The highest BCUT2D eigenvalue weighted by Gasteiger charge is 2.10. The van der Waals surface area contributed by atoms with Crippen molar-refractivity contribution in [2.45, 2.75) is 25.7 Å². The van der Waals surface area contributed by atoms with E-state index in [4.69, 9.17) is 4.74 Å². The molecule has 0 fully saturated rings. The maximum absolute atomic E-state index is 11.7. The minimum absolute atomic E-state index is 0.0995. The number of hydrogen-bond donors (Lipinski definition) is 1. The van der Waals surface area contributed by atoms with Crippen LogP contribution in [-0.4, -0.2) is 38.4 Å². The van der Waals surface area contributed by atoms with E-state index < -0.39 is 5.97 Å². The van der Waals surface area contributed by atoms with Crippen molar-refractivity contribution in [3.63, 3.8) is 0 Å². The third-order valence-electron chi connectivity index (χ3n) is 3.09. The maximum Gasteiger partial charge on any atom is 0.307 e. The fourth-order valence-corrected chi connectivity index (χ4v) is 1.81. The van der Waals surface area contributed by atoms with Gasteiger partial charge in [0, 0.05) is 13.0 Å². The molecule has 0 aliphatic heterocycles. The van der Waals surface area contributed by atoms with Crippen LogP contribution in [0.15, 0.2) is 24.3 Å². The molecule has 0 atom stereocenters. The third kappa shape index (κ3) is 6.88. The van der Waals surface area contributed by atoms with Crippen LogP contribution in [0.2, 0.25) is 0 Å². The first-order chi connectivity index (χ1) is 10.5. The smallest absolute Gasteiger partial charge is 0.307 e. The molecule has 0 bridgehead atoms. The SMILES string of the molecule is COC(=O)CCNC(=O)CC(=O)CCc1ccc(OC)cc1. The Bertz CT molecular complexity index is 510. The van der Waals surface area contributed by atoms with Crippen LogP contribution in [0.25, 0.3) is 0 Å². The first-order valence-corrected chi connectivity index (χ1v) is 7.03. The number of ketones is 1. The van der Waals surface area contributed by atoms with Gasteiger partial charge in [0.05, 0.1) is 27.1 Å². The number of benzene rings is 1. The molecule has 6 nitrogen and oxygen atoms in total. The van der Waals surface area contributed by atoms with Crippen molar-refractivity contribution >= 4 is 17.7 Å². The Kier molecular flexibility index (Phi) is 7.67. The topological polar surface area (TPSA) is 81.7 Å². The molecule has 0 heterocycles. The van der Waals surface area contributed by atoms with E-state index in [1.54, 1.807) is 7.11 Å². The highest BCUT2D eigenvalue weighted by Crippen LogP contribution is 2.12. The van der Waals surface area contributed by atoms with Crippen molar-refractivity contribution in [1.29, 1.82) is 0 Å². The molecule has 0 saturated heterocycles. The van der Waals surface area contributed by atoms with Crippen molar-refractivity contribution < 1.29 is 23.9 Å². The largest absolute Gasteiger partial charge is 0.497 e. The van der Waals surface area contributed by atoms with Gasteiger partial charge in [0.1, 0.15) is 11.5 Å². The van der Waals surface area contributed by atoms with Gasteiger partial charge in [-0.25, -0.2) is 0 Å². The van der Waals surface area contributed by atoms with Crippen LogP contribution in [-0.2, 0) is 25.5 Å². The van der Waals surface area contributed by atoms with Crippen molar-refractivity contribution in [3.8, 4) is 5.75 Å². The predicted molar refractivity (Wildman–Crippen MR) is 80.6 cm³/mol. The maximum atomic E-state index is 11.7. The van der Waals surface area contributed by atoms with Crippen molar-refractivity contribution in [3.05, 3.63) is 29.8 Å². The average molecular weight is 307 g/mol. The Morgan fingerprint density at radius 3 is 2.32 bits per heavy atom. The second-order valence-electron chi connectivity index (χ2n) is 4.74. The molecule has 0 spiro atoms. The number of aryl methyl sites for hydroxylation is 1. The first kappa shape index (κ1) is 17.7. The Morgan fingerprint density at radius 2 is 1.73 bits per heavy atom. The predicted octanol–water partition coefficient (Wildman–Crippen LogP) is 1.27. The number of ether oxygens (including phenoxy) is 2. The zero-order valence-electron chi connectivity index (χ0n) is 12.9. The number of esters is 1. The normalized spacial score (nSPS) is 9.91. The van der Waals surface area contributed by atoms with Crippen LogP contribution in [0.1, 0.15) is 24.8 Å². The Hall–Kier alpha value is -2.37. The van der Waals surface area contributed by atoms with E-state index in [-0.39, 0.29) is 31.1 Å². The van der Waals surface area contributed by atoms with Crippen molar-refractivity contribution in [2.24, 2.45) is 0 Å². The van der Waals surface area contributed by atoms with Crippen LogP contribution >= 0.6 is 0 Å².